The molecule has 8 nitrogen and oxygen atoms in total. The summed E-state index contributed by atoms with van der Waals surface area (Å²) in [6.45, 7) is 6.43. The molecule has 0 atom stereocenters. The van der Waals surface area contributed by atoms with E-state index in [4.69, 9.17) is 25.6 Å². The summed E-state index contributed by atoms with van der Waals surface area (Å²) in [6, 6.07) is 15.3. The number of hydrogen-bond acceptors (Lipinski definition) is 7. The zero-order valence-electron chi connectivity index (χ0n) is 19.6. The zero-order valence-corrected chi connectivity index (χ0v) is 19.6. The predicted octanol–water partition coefficient (Wildman–Crippen LogP) is 2.97. The maximum absolute atomic E-state index is 10.7. The van der Waals surface area contributed by atoms with E-state index in [0.29, 0.717) is 11.5 Å². The molecule has 0 spiro atoms. The molecule has 8 heteroatoms. The van der Waals surface area contributed by atoms with Crippen molar-refractivity contribution in [3.05, 3.63) is 59.2 Å². The maximum Gasteiger partial charge on any atom is 0.335 e. The van der Waals surface area contributed by atoms with Gasteiger partial charge in [0.2, 0.25) is 0 Å². The van der Waals surface area contributed by atoms with E-state index >= 15 is 0 Å². The lowest BCUT2D eigenvalue weighted by Gasteiger charge is -2.36. The number of piperazine rings is 1. The number of nitriles is 1. The number of anilines is 1. The normalized spacial score (nSPS) is 15.1. The van der Waals surface area contributed by atoms with Crippen LogP contribution in [0.2, 0.25) is 0 Å². The van der Waals surface area contributed by atoms with Crippen LogP contribution in [-0.4, -0.2) is 69.0 Å². The van der Waals surface area contributed by atoms with Crippen LogP contribution in [0.15, 0.2) is 48.0 Å². The molecule has 0 aliphatic carbocycles. The van der Waals surface area contributed by atoms with Gasteiger partial charge in [0.1, 0.15) is 18.1 Å². The molecule has 0 unspecified atom stereocenters. The number of carboxylic acids is 1. The Hall–Kier alpha value is -3.54. The Morgan fingerprint density at radius 3 is 2.50 bits per heavy atom. The second-order valence-electron chi connectivity index (χ2n) is 8.15. The van der Waals surface area contributed by atoms with Gasteiger partial charge in [-0.25, -0.2) is 4.79 Å². The van der Waals surface area contributed by atoms with Crippen molar-refractivity contribution in [2.75, 3.05) is 57.9 Å². The Morgan fingerprint density at radius 2 is 1.88 bits per heavy atom. The Bertz CT molecular complexity index is 1020. The van der Waals surface area contributed by atoms with Crippen LogP contribution in [0.1, 0.15) is 24.0 Å². The predicted molar refractivity (Wildman–Crippen MR) is 132 cm³/mol. The van der Waals surface area contributed by atoms with Crippen LogP contribution in [0.3, 0.4) is 0 Å². The Labute approximate surface area is 200 Å². The lowest BCUT2D eigenvalue weighted by Crippen LogP contribution is -2.46. The van der Waals surface area contributed by atoms with E-state index in [1.807, 2.05) is 24.3 Å². The number of nitrogens with zero attached hydrogens (tertiary/aromatic N) is 3. The number of aliphatic carboxylic acids is 1. The fraction of sp³-hybridized carbons (Fsp3) is 0.385. The number of benzene rings is 2. The van der Waals surface area contributed by atoms with Gasteiger partial charge in [0, 0.05) is 37.4 Å². The molecule has 0 amide bonds. The fourth-order valence-electron chi connectivity index (χ4n) is 3.86. The fourth-order valence-corrected chi connectivity index (χ4v) is 3.86. The first-order chi connectivity index (χ1) is 16.5. The van der Waals surface area contributed by atoms with Gasteiger partial charge in [-0.3, -0.25) is 4.90 Å². The van der Waals surface area contributed by atoms with E-state index in [9.17, 15) is 4.79 Å². The zero-order chi connectivity index (χ0) is 24.3. The number of hydrogen-bond donors (Lipinski definition) is 2. The van der Waals surface area contributed by atoms with E-state index in [-0.39, 0.29) is 12.2 Å². The van der Waals surface area contributed by atoms with Crippen LogP contribution < -0.4 is 20.1 Å². The molecule has 0 radical (unpaired) electrons. The minimum atomic E-state index is -0.955. The van der Waals surface area contributed by atoms with Crippen molar-refractivity contribution in [1.29, 1.82) is 5.26 Å². The molecule has 180 valence electrons. The van der Waals surface area contributed by atoms with Gasteiger partial charge in [-0.05, 0) is 74.5 Å². The molecule has 3 N–H and O–H groups in total. The van der Waals surface area contributed by atoms with Crippen molar-refractivity contribution in [3.8, 4) is 17.6 Å². The highest BCUT2D eigenvalue weighted by atomic mass is 16.5. The van der Waals surface area contributed by atoms with E-state index in [1.165, 1.54) is 18.7 Å². The van der Waals surface area contributed by atoms with Gasteiger partial charge < -0.3 is 25.2 Å². The summed E-state index contributed by atoms with van der Waals surface area (Å²) in [4.78, 5) is 15.6. The standard InChI is InChI=1S/C15H22N4.C11H10O4/c16-7-1-2-8-18-9-11-19(12-10-18)15-5-3-14(13-17)4-6-15;1-14-9-2-3-10-7(5-9)4-8(6-15-10)11(12)13/h3-6H,1-2,7-12,16H2;2-5H,6H2,1H3,(H,12,13). The number of unbranched alkanes of at least 4 members (excludes halogenated alkanes) is 1. The largest absolute Gasteiger partial charge is 0.497 e. The Morgan fingerprint density at radius 1 is 1.15 bits per heavy atom. The molecule has 34 heavy (non-hydrogen) atoms. The van der Waals surface area contributed by atoms with Gasteiger partial charge in [-0.15, -0.1) is 0 Å². The molecule has 0 aromatic heterocycles. The smallest absolute Gasteiger partial charge is 0.335 e. The Balaban J connectivity index is 0.000000196. The molecule has 4 rings (SSSR count). The molecule has 0 bridgehead atoms. The molecule has 0 saturated carbocycles. The quantitative estimate of drug-likeness (QED) is 0.602. The molecule has 2 aromatic carbocycles. The molecule has 2 aliphatic heterocycles. The van der Waals surface area contributed by atoms with E-state index in [0.717, 1.165) is 50.3 Å². The summed E-state index contributed by atoms with van der Waals surface area (Å²) >= 11 is 0. The highest BCUT2D eigenvalue weighted by Gasteiger charge is 2.17. The second kappa shape index (κ2) is 12.6. The van der Waals surface area contributed by atoms with Crippen molar-refractivity contribution in [2.45, 2.75) is 12.8 Å². The van der Waals surface area contributed by atoms with E-state index in [2.05, 4.69) is 15.9 Å². The van der Waals surface area contributed by atoms with Crippen molar-refractivity contribution in [3.63, 3.8) is 0 Å². The number of nitrogens with two attached hydrogens (primary N) is 1. The van der Waals surface area contributed by atoms with Crippen LogP contribution in [0.25, 0.3) is 6.08 Å². The van der Waals surface area contributed by atoms with Gasteiger partial charge >= 0.3 is 5.97 Å². The third-order valence-corrected chi connectivity index (χ3v) is 5.87. The lowest BCUT2D eigenvalue weighted by molar-refractivity contribution is -0.132. The first kappa shape index (κ1) is 25.1. The monoisotopic (exact) mass is 464 g/mol. The second-order valence-corrected chi connectivity index (χ2v) is 8.15. The molecule has 2 heterocycles. The summed E-state index contributed by atoms with van der Waals surface area (Å²) in [6.07, 6.45) is 3.92. The number of methoxy groups -OCH3 is 1. The van der Waals surface area contributed by atoms with Gasteiger partial charge in [-0.2, -0.15) is 5.26 Å². The van der Waals surface area contributed by atoms with Gasteiger partial charge in [0.15, 0.2) is 0 Å². The molecule has 1 fully saturated rings. The van der Waals surface area contributed by atoms with Crippen LogP contribution in [0.4, 0.5) is 5.69 Å². The first-order valence-electron chi connectivity index (χ1n) is 11.5. The molecular weight excluding hydrogens is 432 g/mol. The number of fused-ring (bicyclic) bond motifs is 1. The lowest BCUT2D eigenvalue weighted by atomic mass is 10.1. The number of carboxylic acid groups (broad SMARTS) is 1. The summed E-state index contributed by atoms with van der Waals surface area (Å²) in [5.74, 6) is 0.407. The summed E-state index contributed by atoms with van der Waals surface area (Å²) in [7, 11) is 1.56. The van der Waals surface area contributed by atoms with Crippen LogP contribution in [0.5, 0.6) is 11.5 Å². The average Bonchev–Trinajstić information content (AvgIpc) is 2.89. The van der Waals surface area contributed by atoms with Crippen molar-refractivity contribution < 1.29 is 19.4 Å². The van der Waals surface area contributed by atoms with Crippen molar-refractivity contribution in [1.82, 2.24) is 4.90 Å². The summed E-state index contributed by atoms with van der Waals surface area (Å²) in [5, 5.41) is 17.6. The van der Waals surface area contributed by atoms with Crippen LogP contribution in [0, 0.1) is 11.3 Å². The van der Waals surface area contributed by atoms with Crippen LogP contribution in [-0.2, 0) is 4.79 Å². The summed E-state index contributed by atoms with van der Waals surface area (Å²) in [5.41, 5.74) is 8.45. The third-order valence-electron chi connectivity index (χ3n) is 5.87. The molecule has 1 saturated heterocycles. The van der Waals surface area contributed by atoms with Gasteiger partial charge in [0.05, 0.1) is 24.3 Å². The number of carbonyl (C=O) groups is 1. The topological polar surface area (TPSA) is 112 Å². The number of ether oxygens (including phenoxy) is 2. The van der Waals surface area contributed by atoms with Gasteiger partial charge in [-0.1, -0.05) is 0 Å². The van der Waals surface area contributed by atoms with E-state index < -0.39 is 5.97 Å². The molecule has 2 aliphatic rings. The number of rotatable bonds is 7. The Kier molecular flexibility index (Phi) is 9.32. The highest BCUT2D eigenvalue weighted by molar-refractivity contribution is 5.93. The van der Waals surface area contributed by atoms with Crippen molar-refractivity contribution >= 4 is 17.7 Å². The first-order valence-corrected chi connectivity index (χ1v) is 11.5. The average molecular weight is 465 g/mol. The maximum atomic E-state index is 10.7. The van der Waals surface area contributed by atoms with Crippen molar-refractivity contribution in [2.24, 2.45) is 5.73 Å². The highest BCUT2D eigenvalue weighted by Crippen LogP contribution is 2.29. The van der Waals surface area contributed by atoms with E-state index in [1.54, 1.807) is 31.4 Å². The van der Waals surface area contributed by atoms with Crippen LogP contribution >= 0.6 is 0 Å². The molecular formula is C26H32N4O4. The minimum Gasteiger partial charge on any atom is -0.497 e. The minimum absolute atomic E-state index is 0.106. The third kappa shape index (κ3) is 6.98. The summed E-state index contributed by atoms with van der Waals surface area (Å²) < 4.78 is 10.3. The van der Waals surface area contributed by atoms with Gasteiger partial charge in [0.25, 0.3) is 0 Å². The SMILES string of the molecule is COc1ccc2c(c1)C=C(C(=O)O)CO2.N#Cc1ccc(N2CCN(CCCCN)CC2)cc1. The molecule has 2 aromatic rings.